The number of aryl methyl sites for hydroxylation is 1. The Kier molecular flexibility index (Phi) is 3.15. The molecule has 1 N–H and O–H groups in total. The van der Waals surface area contributed by atoms with Crippen LogP contribution in [-0.4, -0.2) is 9.55 Å². The van der Waals surface area contributed by atoms with E-state index in [0.717, 1.165) is 11.3 Å². The van der Waals surface area contributed by atoms with Crippen LogP contribution in [0.2, 0.25) is 0 Å². The summed E-state index contributed by atoms with van der Waals surface area (Å²) in [5.74, 6) is 0.0320. The number of nitrogens with one attached hydrogen (secondary N) is 1. The first-order chi connectivity index (χ1) is 8.02. The number of rotatable bonds is 2. The second-order valence-corrected chi connectivity index (χ2v) is 4.80. The van der Waals surface area contributed by atoms with E-state index >= 15 is 0 Å². The number of hydrogen-bond donors (Lipinski definition) is 1. The van der Waals surface area contributed by atoms with Gasteiger partial charge in [-0.05, 0) is 36.7 Å². The molecule has 0 saturated heterocycles. The van der Waals surface area contributed by atoms with Gasteiger partial charge in [0.05, 0.1) is 5.69 Å². The highest BCUT2D eigenvalue weighted by molar-refractivity contribution is 7.71. The van der Waals surface area contributed by atoms with E-state index < -0.39 is 0 Å². The lowest BCUT2D eigenvalue weighted by molar-refractivity contribution is 0.610. The van der Waals surface area contributed by atoms with E-state index in [-0.39, 0.29) is 11.7 Å². The number of aromatic amines is 1. The summed E-state index contributed by atoms with van der Waals surface area (Å²) in [7, 11) is 0. The molecule has 4 heteroatoms. The van der Waals surface area contributed by atoms with Gasteiger partial charge in [0.2, 0.25) is 0 Å². The zero-order valence-electron chi connectivity index (χ0n) is 10.1. The van der Waals surface area contributed by atoms with Crippen molar-refractivity contribution < 1.29 is 4.39 Å². The Labute approximate surface area is 105 Å². The molecule has 0 atom stereocenters. The number of para-hydroxylation sites is 1. The molecule has 0 unspecified atom stereocenters. The molecule has 2 rings (SSSR count). The highest BCUT2D eigenvalue weighted by atomic mass is 32.1. The summed E-state index contributed by atoms with van der Waals surface area (Å²) in [4.78, 5) is 2.98. The number of imidazole rings is 1. The third kappa shape index (κ3) is 2.05. The van der Waals surface area contributed by atoms with Crippen molar-refractivity contribution in [1.29, 1.82) is 0 Å². The number of nitrogens with zero attached hydrogens (tertiary/aromatic N) is 1. The molecule has 1 aromatic heterocycles. The fraction of sp³-hybridized carbons (Fsp3) is 0.308. The van der Waals surface area contributed by atoms with E-state index in [1.165, 1.54) is 6.07 Å². The Bertz CT molecular complexity index is 575. The summed E-state index contributed by atoms with van der Waals surface area (Å²) in [6, 6.07) is 5.05. The maximum atomic E-state index is 14.0. The van der Waals surface area contributed by atoms with Crippen molar-refractivity contribution in [3.05, 3.63) is 46.2 Å². The Morgan fingerprint density at radius 3 is 2.65 bits per heavy atom. The number of halogens is 1. The first kappa shape index (κ1) is 12.0. The molecule has 1 aromatic carbocycles. The predicted octanol–water partition coefficient (Wildman–Crippen LogP) is 4.11. The summed E-state index contributed by atoms with van der Waals surface area (Å²) < 4.78 is 16.3. The maximum absolute atomic E-state index is 14.0. The topological polar surface area (TPSA) is 20.7 Å². The first-order valence-corrected chi connectivity index (χ1v) is 5.99. The molecule has 0 fully saturated rings. The lowest BCUT2D eigenvalue weighted by Crippen LogP contribution is -2.06. The molecule has 1 heterocycles. The van der Waals surface area contributed by atoms with Crippen LogP contribution in [0.25, 0.3) is 5.69 Å². The van der Waals surface area contributed by atoms with Crippen LogP contribution in [0, 0.1) is 17.5 Å². The Balaban J connectivity index is 2.77. The van der Waals surface area contributed by atoms with Gasteiger partial charge in [-0.1, -0.05) is 26.0 Å². The minimum absolute atomic E-state index is 0.248. The monoisotopic (exact) mass is 250 g/mol. The number of hydrogen-bond acceptors (Lipinski definition) is 1. The molecule has 0 aliphatic carbocycles. The van der Waals surface area contributed by atoms with Gasteiger partial charge in [-0.3, -0.25) is 4.57 Å². The zero-order chi connectivity index (χ0) is 12.6. The molecule has 0 spiro atoms. The Hall–Kier alpha value is -1.42. The van der Waals surface area contributed by atoms with Gasteiger partial charge < -0.3 is 4.98 Å². The molecule has 0 radical (unpaired) electrons. The summed E-state index contributed by atoms with van der Waals surface area (Å²) in [5.41, 5.74) is 2.41. The molecule has 0 aliphatic rings. The number of H-pyrrole nitrogens is 1. The van der Waals surface area contributed by atoms with Gasteiger partial charge in [-0.15, -0.1) is 0 Å². The van der Waals surface area contributed by atoms with Crippen LogP contribution < -0.4 is 0 Å². The van der Waals surface area contributed by atoms with Crippen LogP contribution in [0.4, 0.5) is 4.39 Å². The van der Waals surface area contributed by atoms with E-state index in [2.05, 4.69) is 18.8 Å². The van der Waals surface area contributed by atoms with Gasteiger partial charge in [-0.2, -0.15) is 0 Å². The minimum Gasteiger partial charge on any atom is -0.337 e. The molecular weight excluding hydrogens is 235 g/mol. The quantitative estimate of drug-likeness (QED) is 0.796. The van der Waals surface area contributed by atoms with Gasteiger partial charge in [0.1, 0.15) is 5.82 Å². The van der Waals surface area contributed by atoms with Crippen molar-refractivity contribution in [2.24, 2.45) is 0 Å². The van der Waals surface area contributed by atoms with Gasteiger partial charge >= 0.3 is 0 Å². The highest BCUT2D eigenvalue weighted by Crippen LogP contribution is 2.24. The van der Waals surface area contributed by atoms with E-state index in [9.17, 15) is 4.39 Å². The van der Waals surface area contributed by atoms with Gasteiger partial charge in [0.15, 0.2) is 4.77 Å². The fourth-order valence-corrected chi connectivity index (χ4v) is 2.20. The lowest BCUT2D eigenvalue weighted by atomic mass is 10.1. The SMILES string of the molecule is Cc1cccc(F)c1-n1c(C(C)C)c[nH]c1=S. The minimum atomic E-state index is -0.248. The van der Waals surface area contributed by atoms with Crippen LogP contribution >= 0.6 is 12.2 Å². The average molecular weight is 250 g/mol. The zero-order valence-corrected chi connectivity index (χ0v) is 10.9. The molecule has 90 valence electrons. The van der Waals surface area contributed by atoms with Crippen LogP contribution in [0.1, 0.15) is 31.0 Å². The summed E-state index contributed by atoms with van der Waals surface area (Å²) in [6.45, 7) is 6.01. The van der Waals surface area contributed by atoms with Crippen LogP contribution in [0.3, 0.4) is 0 Å². The van der Waals surface area contributed by atoms with E-state index in [0.29, 0.717) is 10.5 Å². The van der Waals surface area contributed by atoms with Crippen LogP contribution in [0.15, 0.2) is 24.4 Å². The highest BCUT2D eigenvalue weighted by Gasteiger charge is 2.14. The predicted molar refractivity (Wildman–Crippen MR) is 69.7 cm³/mol. The van der Waals surface area contributed by atoms with Crippen molar-refractivity contribution >= 4 is 12.2 Å². The molecule has 0 amide bonds. The molecule has 2 nitrogen and oxygen atoms in total. The second-order valence-electron chi connectivity index (χ2n) is 4.41. The third-order valence-electron chi connectivity index (χ3n) is 2.81. The normalized spacial score (nSPS) is 11.1. The molecule has 0 bridgehead atoms. The van der Waals surface area contributed by atoms with Crippen molar-refractivity contribution in [3.8, 4) is 5.69 Å². The number of benzene rings is 1. The van der Waals surface area contributed by atoms with Crippen molar-refractivity contribution in [2.75, 3.05) is 0 Å². The maximum Gasteiger partial charge on any atom is 0.182 e. The smallest absolute Gasteiger partial charge is 0.182 e. The summed E-state index contributed by atoms with van der Waals surface area (Å²) >= 11 is 5.23. The van der Waals surface area contributed by atoms with Crippen molar-refractivity contribution in [1.82, 2.24) is 9.55 Å². The van der Waals surface area contributed by atoms with Crippen LogP contribution in [-0.2, 0) is 0 Å². The standard InChI is InChI=1S/C13H15FN2S/c1-8(2)11-7-15-13(17)16(11)12-9(3)5-4-6-10(12)14/h4-8H,1-3H3,(H,15,17). The van der Waals surface area contributed by atoms with Crippen LogP contribution in [0.5, 0.6) is 0 Å². The Morgan fingerprint density at radius 1 is 1.35 bits per heavy atom. The van der Waals surface area contributed by atoms with Crippen molar-refractivity contribution in [2.45, 2.75) is 26.7 Å². The van der Waals surface area contributed by atoms with Gasteiger partial charge in [-0.25, -0.2) is 4.39 Å². The second kappa shape index (κ2) is 4.45. The lowest BCUT2D eigenvalue weighted by Gasteiger charge is -2.14. The molecule has 0 saturated carbocycles. The van der Waals surface area contributed by atoms with Crippen molar-refractivity contribution in [3.63, 3.8) is 0 Å². The molecule has 0 aliphatic heterocycles. The Morgan fingerprint density at radius 2 is 2.06 bits per heavy atom. The van der Waals surface area contributed by atoms with Gasteiger partial charge in [0, 0.05) is 11.9 Å². The van der Waals surface area contributed by atoms with Gasteiger partial charge in [0.25, 0.3) is 0 Å². The largest absolute Gasteiger partial charge is 0.337 e. The molecule has 2 aromatic rings. The third-order valence-corrected chi connectivity index (χ3v) is 3.11. The summed E-state index contributed by atoms with van der Waals surface area (Å²) in [5, 5.41) is 0. The average Bonchev–Trinajstić information content (AvgIpc) is 2.61. The molecule has 17 heavy (non-hydrogen) atoms. The van der Waals surface area contributed by atoms with E-state index in [1.807, 2.05) is 19.2 Å². The molecular formula is C13H15FN2S. The number of aromatic nitrogens is 2. The summed E-state index contributed by atoms with van der Waals surface area (Å²) in [6.07, 6.45) is 1.85. The fourth-order valence-electron chi connectivity index (χ4n) is 1.94. The first-order valence-electron chi connectivity index (χ1n) is 5.58. The van der Waals surface area contributed by atoms with E-state index in [4.69, 9.17) is 12.2 Å². The van der Waals surface area contributed by atoms with E-state index in [1.54, 1.807) is 10.6 Å².